The third-order valence-corrected chi connectivity index (χ3v) is 7.60. The molecule has 1 amide bonds. The van der Waals surface area contributed by atoms with E-state index in [0.29, 0.717) is 43.1 Å². The Labute approximate surface area is 195 Å². The molecule has 0 bridgehead atoms. The number of benzene rings is 3. The summed E-state index contributed by atoms with van der Waals surface area (Å²) in [4.78, 5) is 13.2. The van der Waals surface area contributed by atoms with E-state index in [0.717, 1.165) is 24.0 Å². The van der Waals surface area contributed by atoms with E-state index in [2.05, 4.69) is 5.32 Å². The van der Waals surface area contributed by atoms with Gasteiger partial charge < -0.3 is 10.1 Å². The lowest BCUT2D eigenvalue weighted by Crippen LogP contribution is -2.28. The van der Waals surface area contributed by atoms with E-state index in [1.165, 1.54) is 10.4 Å². The first-order valence-corrected chi connectivity index (χ1v) is 12.6. The standard InChI is InChI=1S/C26H28N2O4S/c1-2-32-24-15-14-22(19-25(24)33(30,31)28-16-8-9-17-28)27-26(29)23-13-7-6-12-21(23)18-20-10-4-3-5-11-20/h3-7,10-15,19H,2,8-9,16-18H2,1H3,(H,27,29). The fourth-order valence-corrected chi connectivity index (χ4v) is 5.71. The summed E-state index contributed by atoms with van der Waals surface area (Å²) in [6.45, 7) is 3.15. The molecule has 1 saturated heterocycles. The summed E-state index contributed by atoms with van der Waals surface area (Å²) in [7, 11) is -3.71. The SMILES string of the molecule is CCOc1ccc(NC(=O)c2ccccc2Cc2ccccc2)cc1S(=O)(=O)N1CCCC1. The Balaban J connectivity index is 1.61. The summed E-state index contributed by atoms with van der Waals surface area (Å²) in [6, 6.07) is 22.2. The lowest BCUT2D eigenvalue weighted by molar-refractivity contribution is 0.102. The van der Waals surface area contributed by atoms with Crippen LogP contribution in [0, 0.1) is 0 Å². The van der Waals surface area contributed by atoms with E-state index in [9.17, 15) is 13.2 Å². The predicted molar refractivity (Wildman–Crippen MR) is 129 cm³/mol. The third kappa shape index (κ3) is 5.26. The molecular formula is C26H28N2O4S. The van der Waals surface area contributed by atoms with Crippen molar-refractivity contribution < 1.29 is 17.9 Å². The van der Waals surface area contributed by atoms with Crippen LogP contribution in [0.15, 0.2) is 77.7 Å². The van der Waals surface area contributed by atoms with E-state index in [1.807, 2.05) is 55.5 Å². The Morgan fingerprint density at radius 1 is 0.970 bits per heavy atom. The highest BCUT2D eigenvalue weighted by Gasteiger charge is 2.30. The van der Waals surface area contributed by atoms with Gasteiger partial charge in [0, 0.05) is 24.3 Å². The Hall–Kier alpha value is -3.16. The first kappa shape index (κ1) is 23.0. The Morgan fingerprint density at radius 3 is 2.39 bits per heavy atom. The molecule has 1 heterocycles. The fraction of sp³-hybridized carbons (Fsp3) is 0.269. The van der Waals surface area contributed by atoms with Crippen LogP contribution in [0.25, 0.3) is 0 Å². The number of nitrogens with one attached hydrogen (secondary N) is 1. The number of amides is 1. The van der Waals surface area contributed by atoms with Crippen molar-refractivity contribution in [3.8, 4) is 5.75 Å². The zero-order chi connectivity index (χ0) is 23.3. The highest BCUT2D eigenvalue weighted by molar-refractivity contribution is 7.89. The highest BCUT2D eigenvalue weighted by Crippen LogP contribution is 2.32. The quantitative estimate of drug-likeness (QED) is 0.524. The van der Waals surface area contributed by atoms with E-state index >= 15 is 0 Å². The highest BCUT2D eigenvalue weighted by atomic mass is 32.2. The number of rotatable bonds is 8. The molecule has 33 heavy (non-hydrogen) atoms. The van der Waals surface area contributed by atoms with Crippen molar-refractivity contribution in [2.45, 2.75) is 31.1 Å². The van der Waals surface area contributed by atoms with Crippen molar-refractivity contribution in [2.75, 3.05) is 25.0 Å². The molecule has 1 aliphatic rings. The number of sulfonamides is 1. The molecule has 3 aromatic carbocycles. The fourth-order valence-electron chi connectivity index (χ4n) is 4.04. The molecule has 1 N–H and O–H groups in total. The molecule has 3 aromatic rings. The first-order chi connectivity index (χ1) is 16.0. The van der Waals surface area contributed by atoms with E-state index in [1.54, 1.807) is 18.2 Å². The van der Waals surface area contributed by atoms with Gasteiger partial charge in [0.05, 0.1) is 6.61 Å². The van der Waals surface area contributed by atoms with Crippen molar-refractivity contribution in [1.29, 1.82) is 0 Å². The molecule has 4 rings (SSSR count). The van der Waals surface area contributed by atoms with Gasteiger partial charge in [0.2, 0.25) is 10.0 Å². The zero-order valence-corrected chi connectivity index (χ0v) is 19.5. The zero-order valence-electron chi connectivity index (χ0n) is 18.7. The van der Waals surface area contributed by atoms with Gasteiger partial charge in [0.25, 0.3) is 5.91 Å². The predicted octanol–water partition coefficient (Wildman–Crippen LogP) is 4.71. The van der Waals surface area contributed by atoms with Crippen LogP contribution in [-0.2, 0) is 16.4 Å². The average molecular weight is 465 g/mol. The summed E-state index contributed by atoms with van der Waals surface area (Å²) in [5.41, 5.74) is 2.98. The average Bonchev–Trinajstić information content (AvgIpc) is 3.37. The molecule has 1 aliphatic heterocycles. The second-order valence-corrected chi connectivity index (χ2v) is 9.89. The maximum Gasteiger partial charge on any atom is 0.255 e. The minimum Gasteiger partial charge on any atom is -0.492 e. The van der Waals surface area contributed by atoms with Gasteiger partial charge in [0.15, 0.2) is 0 Å². The molecule has 7 heteroatoms. The van der Waals surface area contributed by atoms with Gasteiger partial charge in [-0.15, -0.1) is 0 Å². The topological polar surface area (TPSA) is 75.7 Å². The van der Waals surface area contributed by atoms with Crippen LogP contribution >= 0.6 is 0 Å². The van der Waals surface area contributed by atoms with Crippen molar-refractivity contribution in [3.63, 3.8) is 0 Å². The molecule has 0 aliphatic carbocycles. The molecule has 0 radical (unpaired) electrons. The summed E-state index contributed by atoms with van der Waals surface area (Å²) in [6.07, 6.45) is 2.32. The van der Waals surface area contributed by atoms with Crippen LogP contribution in [-0.4, -0.2) is 38.3 Å². The van der Waals surface area contributed by atoms with E-state index in [-0.39, 0.29) is 10.8 Å². The monoisotopic (exact) mass is 464 g/mol. The number of ether oxygens (including phenoxy) is 1. The van der Waals surface area contributed by atoms with E-state index < -0.39 is 10.0 Å². The number of hydrogen-bond donors (Lipinski definition) is 1. The number of hydrogen-bond acceptors (Lipinski definition) is 4. The van der Waals surface area contributed by atoms with Gasteiger partial charge in [-0.25, -0.2) is 8.42 Å². The molecule has 0 spiro atoms. The van der Waals surface area contributed by atoms with Gasteiger partial charge in [-0.2, -0.15) is 4.31 Å². The molecule has 0 saturated carbocycles. The largest absolute Gasteiger partial charge is 0.492 e. The molecular weight excluding hydrogens is 436 g/mol. The minimum atomic E-state index is -3.71. The molecule has 172 valence electrons. The van der Waals surface area contributed by atoms with Crippen LogP contribution in [0.4, 0.5) is 5.69 Å². The second kappa shape index (κ2) is 10.2. The van der Waals surface area contributed by atoms with Crippen LogP contribution in [0.3, 0.4) is 0 Å². The molecule has 0 aromatic heterocycles. The summed E-state index contributed by atoms with van der Waals surface area (Å²) < 4.78 is 33.5. The maximum absolute atomic E-state index is 13.2. The normalized spacial score (nSPS) is 14.2. The molecule has 6 nitrogen and oxygen atoms in total. The summed E-state index contributed by atoms with van der Waals surface area (Å²) >= 11 is 0. The van der Waals surface area contributed by atoms with Gasteiger partial charge in [-0.05, 0) is 61.6 Å². The van der Waals surface area contributed by atoms with Gasteiger partial charge in [0.1, 0.15) is 10.6 Å². The van der Waals surface area contributed by atoms with E-state index in [4.69, 9.17) is 4.74 Å². The Bertz CT molecular complexity index is 1220. The summed E-state index contributed by atoms with van der Waals surface area (Å²) in [5, 5.41) is 2.88. The van der Waals surface area contributed by atoms with Gasteiger partial charge in [-0.3, -0.25) is 4.79 Å². The number of carbonyl (C=O) groups excluding carboxylic acids is 1. The number of nitrogens with zero attached hydrogens (tertiary/aromatic N) is 1. The third-order valence-electron chi connectivity index (χ3n) is 5.68. The second-order valence-electron chi connectivity index (χ2n) is 7.98. The van der Waals surface area contributed by atoms with Crippen molar-refractivity contribution >= 4 is 21.6 Å². The van der Waals surface area contributed by atoms with Crippen LogP contribution in [0.1, 0.15) is 41.3 Å². The molecule has 1 fully saturated rings. The molecule has 0 unspecified atom stereocenters. The Kier molecular flexibility index (Phi) is 7.11. The number of anilines is 1. The lowest BCUT2D eigenvalue weighted by Gasteiger charge is -2.19. The van der Waals surface area contributed by atoms with Crippen molar-refractivity contribution in [3.05, 3.63) is 89.5 Å². The van der Waals surface area contributed by atoms with Crippen molar-refractivity contribution in [2.24, 2.45) is 0 Å². The van der Waals surface area contributed by atoms with Gasteiger partial charge >= 0.3 is 0 Å². The van der Waals surface area contributed by atoms with Crippen molar-refractivity contribution in [1.82, 2.24) is 4.31 Å². The smallest absolute Gasteiger partial charge is 0.255 e. The van der Waals surface area contributed by atoms with Crippen LogP contribution in [0.5, 0.6) is 5.75 Å². The van der Waals surface area contributed by atoms with Gasteiger partial charge in [-0.1, -0.05) is 48.5 Å². The maximum atomic E-state index is 13.2. The minimum absolute atomic E-state index is 0.0848. The lowest BCUT2D eigenvalue weighted by atomic mass is 9.99. The van der Waals surface area contributed by atoms with Crippen LogP contribution in [0.2, 0.25) is 0 Å². The van der Waals surface area contributed by atoms with Crippen LogP contribution < -0.4 is 10.1 Å². The number of carbonyl (C=O) groups is 1. The summed E-state index contributed by atoms with van der Waals surface area (Å²) in [5.74, 6) is 0.0158. The Morgan fingerprint density at radius 2 is 1.67 bits per heavy atom. The first-order valence-electron chi connectivity index (χ1n) is 11.2. The molecule has 0 atom stereocenters.